The van der Waals surface area contributed by atoms with Gasteiger partial charge in [-0.1, -0.05) is 24.6 Å². The van der Waals surface area contributed by atoms with Crippen molar-refractivity contribution in [1.82, 2.24) is 5.32 Å². The van der Waals surface area contributed by atoms with Gasteiger partial charge in [-0.25, -0.2) is 0 Å². The molecule has 1 atom stereocenters. The van der Waals surface area contributed by atoms with Crippen LogP contribution in [0.5, 0.6) is 0 Å². The van der Waals surface area contributed by atoms with Gasteiger partial charge in [0.25, 0.3) is 5.91 Å². The molecule has 1 aromatic rings. The van der Waals surface area contributed by atoms with Gasteiger partial charge in [0, 0.05) is 11.0 Å². The zero-order valence-electron chi connectivity index (χ0n) is 9.80. The average Bonchev–Trinajstić information content (AvgIpc) is 2.30. The van der Waals surface area contributed by atoms with Crippen LogP contribution < -0.4 is 5.32 Å². The molecular weight excluding hydrogens is 322 g/mol. The maximum atomic E-state index is 11.9. The Labute approximate surface area is 120 Å². The van der Waals surface area contributed by atoms with Crippen molar-refractivity contribution in [1.29, 1.82) is 0 Å². The summed E-state index contributed by atoms with van der Waals surface area (Å²) in [5, 5.41) is 3.35. The van der Waals surface area contributed by atoms with Crippen LogP contribution in [0.4, 0.5) is 0 Å². The molecule has 17 heavy (non-hydrogen) atoms. The predicted molar refractivity (Wildman–Crippen MR) is 79.0 cm³/mol. The third-order valence-corrected chi connectivity index (χ3v) is 4.46. The summed E-state index contributed by atoms with van der Waals surface area (Å²) in [5.41, 5.74) is 0.511. The number of halogens is 2. The first-order chi connectivity index (χ1) is 8.06. The van der Waals surface area contributed by atoms with Crippen LogP contribution in [-0.4, -0.2) is 24.5 Å². The van der Waals surface area contributed by atoms with E-state index in [9.17, 15) is 4.79 Å². The Balaban J connectivity index is 2.61. The molecule has 1 unspecified atom stereocenters. The second kappa shape index (κ2) is 7.29. The Morgan fingerprint density at radius 1 is 1.59 bits per heavy atom. The average molecular weight is 337 g/mol. The number of thioether (sulfide) groups is 1. The zero-order chi connectivity index (χ0) is 12.8. The summed E-state index contributed by atoms with van der Waals surface area (Å²) >= 11 is 11.1. The van der Waals surface area contributed by atoms with Crippen LogP contribution in [0.15, 0.2) is 22.7 Å². The van der Waals surface area contributed by atoms with E-state index in [1.165, 1.54) is 0 Å². The second-order valence-electron chi connectivity index (χ2n) is 3.87. The Bertz CT molecular complexity index is 400. The number of carbonyl (C=O) groups is 1. The van der Waals surface area contributed by atoms with Crippen LogP contribution in [0.2, 0.25) is 5.02 Å². The number of hydrogen-bond donors (Lipinski definition) is 1. The molecule has 1 N–H and O–H groups in total. The molecule has 0 aliphatic carbocycles. The van der Waals surface area contributed by atoms with E-state index in [0.717, 1.165) is 10.2 Å². The van der Waals surface area contributed by atoms with Crippen molar-refractivity contribution in [3.8, 4) is 0 Å². The summed E-state index contributed by atoms with van der Waals surface area (Å²) < 4.78 is 0.740. The topological polar surface area (TPSA) is 29.1 Å². The minimum Gasteiger partial charge on any atom is -0.352 e. The largest absolute Gasteiger partial charge is 0.352 e. The molecule has 0 aromatic heterocycles. The standard InChI is InChI=1S/C12H15BrClNOS/c1-8(7-17-2)6-15-12(16)9-4-3-5-10(13)11(9)14/h3-5,8H,6-7H2,1-2H3,(H,15,16). The van der Waals surface area contributed by atoms with Crippen molar-refractivity contribution < 1.29 is 4.79 Å². The van der Waals surface area contributed by atoms with Gasteiger partial charge in [0.1, 0.15) is 0 Å². The summed E-state index contributed by atoms with van der Waals surface area (Å²) in [7, 11) is 0. The quantitative estimate of drug-likeness (QED) is 0.885. The molecule has 0 saturated carbocycles. The van der Waals surface area contributed by atoms with Gasteiger partial charge in [0.05, 0.1) is 10.6 Å². The van der Waals surface area contributed by atoms with Crippen LogP contribution in [-0.2, 0) is 0 Å². The number of hydrogen-bond acceptors (Lipinski definition) is 2. The van der Waals surface area contributed by atoms with Crippen LogP contribution in [0.25, 0.3) is 0 Å². The fourth-order valence-electron chi connectivity index (χ4n) is 1.38. The highest BCUT2D eigenvalue weighted by Crippen LogP contribution is 2.25. The molecule has 0 saturated heterocycles. The molecule has 0 heterocycles. The predicted octanol–water partition coefficient (Wildman–Crippen LogP) is 3.83. The Kier molecular flexibility index (Phi) is 6.38. The smallest absolute Gasteiger partial charge is 0.252 e. The van der Waals surface area contributed by atoms with Gasteiger partial charge in [-0.05, 0) is 46.0 Å². The van der Waals surface area contributed by atoms with Crippen molar-refractivity contribution in [2.45, 2.75) is 6.92 Å². The van der Waals surface area contributed by atoms with Crippen molar-refractivity contribution in [3.63, 3.8) is 0 Å². The lowest BCUT2D eigenvalue weighted by Gasteiger charge is -2.12. The lowest BCUT2D eigenvalue weighted by Crippen LogP contribution is -2.29. The van der Waals surface area contributed by atoms with Crippen LogP contribution in [0, 0.1) is 5.92 Å². The lowest BCUT2D eigenvalue weighted by molar-refractivity contribution is 0.0949. The van der Waals surface area contributed by atoms with E-state index < -0.39 is 0 Å². The summed E-state index contributed by atoms with van der Waals surface area (Å²) in [6.45, 7) is 2.78. The number of amides is 1. The second-order valence-corrected chi connectivity index (χ2v) is 6.01. The molecule has 1 aromatic carbocycles. The zero-order valence-corrected chi connectivity index (χ0v) is 13.0. The van der Waals surface area contributed by atoms with Crippen molar-refractivity contribution in [3.05, 3.63) is 33.3 Å². The highest BCUT2D eigenvalue weighted by atomic mass is 79.9. The molecule has 0 fully saturated rings. The van der Waals surface area contributed by atoms with Gasteiger partial charge in [0.15, 0.2) is 0 Å². The first-order valence-corrected chi connectivity index (χ1v) is 7.84. The summed E-state index contributed by atoms with van der Waals surface area (Å²) in [6, 6.07) is 5.34. The van der Waals surface area contributed by atoms with E-state index in [1.54, 1.807) is 23.9 Å². The van der Waals surface area contributed by atoms with E-state index in [0.29, 0.717) is 23.0 Å². The fraction of sp³-hybridized carbons (Fsp3) is 0.417. The minimum absolute atomic E-state index is 0.121. The Hall–Kier alpha value is -0.190. The normalized spacial score (nSPS) is 12.2. The van der Waals surface area contributed by atoms with Crippen molar-refractivity contribution >= 4 is 45.2 Å². The molecule has 0 bridgehead atoms. The number of nitrogens with one attached hydrogen (secondary N) is 1. The fourth-order valence-corrected chi connectivity index (χ4v) is 2.65. The molecular formula is C12H15BrClNOS. The third kappa shape index (κ3) is 4.53. The minimum atomic E-state index is -0.121. The van der Waals surface area contributed by atoms with Gasteiger partial charge < -0.3 is 5.32 Å². The maximum absolute atomic E-state index is 11.9. The van der Waals surface area contributed by atoms with Gasteiger partial charge in [0.2, 0.25) is 0 Å². The van der Waals surface area contributed by atoms with Crippen LogP contribution in [0.3, 0.4) is 0 Å². The van der Waals surface area contributed by atoms with E-state index in [2.05, 4.69) is 34.4 Å². The third-order valence-electron chi connectivity index (χ3n) is 2.26. The molecule has 0 radical (unpaired) electrons. The SMILES string of the molecule is CSCC(C)CNC(=O)c1cccc(Br)c1Cl. The van der Waals surface area contributed by atoms with Gasteiger partial charge in [-0.2, -0.15) is 11.8 Å². The van der Waals surface area contributed by atoms with Crippen LogP contribution in [0.1, 0.15) is 17.3 Å². The first kappa shape index (κ1) is 14.9. The number of carbonyl (C=O) groups excluding carboxylic acids is 1. The first-order valence-electron chi connectivity index (χ1n) is 5.27. The highest BCUT2D eigenvalue weighted by Gasteiger charge is 2.12. The van der Waals surface area contributed by atoms with E-state index in [-0.39, 0.29) is 5.91 Å². The molecule has 1 rings (SSSR count). The summed E-state index contributed by atoms with van der Waals surface area (Å²) in [4.78, 5) is 11.9. The molecule has 2 nitrogen and oxygen atoms in total. The molecule has 5 heteroatoms. The highest BCUT2D eigenvalue weighted by molar-refractivity contribution is 9.10. The Morgan fingerprint density at radius 2 is 2.29 bits per heavy atom. The monoisotopic (exact) mass is 335 g/mol. The maximum Gasteiger partial charge on any atom is 0.252 e. The van der Waals surface area contributed by atoms with Crippen molar-refractivity contribution in [2.75, 3.05) is 18.6 Å². The summed E-state index contributed by atoms with van der Waals surface area (Å²) in [6.07, 6.45) is 2.06. The number of benzene rings is 1. The summed E-state index contributed by atoms with van der Waals surface area (Å²) in [5.74, 6) is 1.37. The van der Waals surface area contributed by atoms with Gasteiger partial charge in [-0.15, -0.1) is 0 Å². The van der Waals surface area contributed by atoms with Crippen molar-refractivity contribution in [2.24, 2.45) is 5.92 Å². The lowest BCUT2D eigenvalue weighted by atomic mass is 10.2. The molecule has 1 amide bonds. The van der Waals surface area contributed by atoms with E-state index in [1.807, 2.05) is 6.07 Å². The van der Waals surface area contributed by atoms with Gasteiger partial charge >= 0.3 is 0 Å². The molecule has 0 spiro atoms. The molecule has 0 aliphatic heterocycles. The molecule has 94 valence electrons. The Morgan fingerprint density at radius 3 is 2.94 bits per heavy atom. The van der Waals surface area contributed by atoms with E-state index >= 15 is 0 Å². The van der Waals surface area contributed by atoms with Gasteiger partial charge in [-0.3, -0.25) is 4.79 Å². The number of rotatable bonds is 5. The van der Waals surface area contributed by atoms with E-state index in [4.69, 9.17) is 11.6 Å². The van der Waals surface area contributed by atoms with Crippen LogP contribution >= 0.6 is 39.3 Å². The molecule has 0 aliphatic rings.